The van der Waals surface area contributed by atoms with Crippen LogP contribution in [0.15, 0.2) is 41.1 Å². The average molecular weight is 716 g/mol. The second kappa shape index (κ2) is 18.4. The first-order chi connectivity index (χ1) is 22.8. The number of thiazole rings is 2. The van der Waals surface area contributed by atoms with Gasteiger partial charge in [0.1, 0.15) is 21.4 Å². The minimum Gasteiger partial charge on any atom is -0.351 e. The van der Waals surface area contributed by atoms with Crippen LogP contribution in [-0.4, -0.2) is 71.2 Å². The molecule has 1 saturated heterocycles. The van der Waals surface area contributed by atoms with Crippen molar-refractivity contribution in [2.24, 2.45) is 11.8 Å². The summed E-state index contributed by atoms with van der Waals surface area (Å²) in [6.45, 7) is 7.09. The van der Waals surface area contributed by atoms with Crippen LogP contribution in [-0.2, 0) is 16.0 Å². The SMILES string of the molecule is CC(C)C[C@@H]1NC(=O)CCCN(C(=O)[C@@H]2CCCNC2)CCCNC(=O)c2csc(n2)[C@H](Cc2ccccc2)NC(=O)c2csc1n2.Cl. The number of carbonyl (C=O) groups excluding carboxylic acids is 4. The predicted molar refractivity (Wildman–Crippen MR) is 191 cm³/mol. The molecule has 3 aromatic rings. The summed E-state index contributed by atoms with van der Waals surface area (Å²) in [6, 6.07) is 9.02. The number of aromatic nitrogens is 2. The Hall–Kier alpha value is -3.39. The molecule has 260 valence electrons. The molecule has 0 saturated carbocycles. The number of rotatable bonds is 5. The van der Waals surface area contributed by atoms with E-state index in [2.05, 4.69) is 45.1 Å². The van der Waals surface area contributed by atoms with E-state index in [0.717, 1.165) is 24.9 Å². The second-order valence-corrected chi connectivity index (χ2v) is 14.5. The van der Waals surface area contributed by atoms with Gasteiger partial charge in [-0.15, -0.1) is 35.1 Å². The minimum atomic E-state index is -0.476. The zero-order valence-electron chi connectivity index (χ0n) is 27.5. The highest BCUT2D eigenvalue weighted by molar-refractivity contribution is 7.10. The smallest absolute Gasteiger partial charge is 0.271 e. The van der Waals surface area contributed by atoms with E-state index < -0.39 is 6.04 Å². The quantitative estimate of drug-likeness (QED) is 0.300. The minimum absolute atomic E-state index is 0. The van der Waals surface area contributed by atoms with Crippen LogP contribution in [0.25, 0.3) is 0 Å². The number of hydrogen-bond acceptors (Lipinski definition) is 9. The Morgan fingerprint density at radius 3 is 2.27 bits per heavy atom. The third-order valence-corrected chi connectivity index (χ3v) is 10.3. The first-order valence-corrected chi connectivity index (χ1v) is 18.4. The largest absolute Gasteiger partial charge is 0.351 e. The molecule has 0 spiro atoms. The number of halogens is 1. The maximum absolute atomic E-state index is 13.5. The molecular weight excluding hydrogens is 670 g/mol. The van der Waals surface area contributed by atoms with Crippen LogP contribution < -0.4 is 21.3 Å². The lowest BCUT2D eigenvalue weighted by molar-refractivity contribution is -0.136. The van der Waals surface area contributed by atoms with Crippen molar-refractivity contribution in [3.8, 4) is 0 Å². The molecule has 2 aliphatic heterocycles. The van der Waals surface area contributed by atoms with Crippen molar-refractivity contribution in [3.63, 3.8) is 0 Å². The van der Waals surface area contributed by atoms with Gasteiger partial charge in [-0.05, 0) is 56.6 Å². The van der Waals surface area contributed by atoms with Crippen molar-refractivity contribution in [2.75, 3.05) is 32.7 Å². The van der Waals surface area contributed by atoms with Crippen LogP contribution >= 0.6 is 35.1 Å². The van der Waals surface area contributed by atoms with Crippen LogP contribution in [0.4, 0.5) is 0 Å². The lowest BCUT2D eigenvalue weighted by Gasteiger charge is -2.30. The molecule has 4 amide bonds. The van der Waals surface area contributed by atoms with Crippen molar-refractivity contribution in [2.45, 2.75) is 70.9 Å². The first-order valence-electron chi connectivity index (χ1n) is 16.6. The molecule has 4 N–H and O–H groups in total. The second-order valence-electron chi connectivity index (χ2n) is 12.7. The topological polar surface area (TPSA) is 145 Å². The summed E-state index contributed by atoms with van der Waals surface area (Å²) in [4.78, 5) is 64.4. The molecule has 11 nitrogen and oxygen atoms in total. The van der Waals surface area contributed by atoms with Crippen LogP contribution in [0.1, 0.15) is 101 Å². The third-order valence-electron chi connectivity index (χ3n) is 8.42. The fraction of sp³-hybridized carbons (Fsp3) is 0.529. The van der Waals surface area contributed by atoms with Crippen LogP contribution in [0.2, 0.25) is 0 Å². The van der Waals surface area contributed by atoms with Crippen molar-refractivity contribution in [1.82, 2.24) is 36.1 Å². The van der Waals surface area contributed by atoms with Gasteiger partial charge in [-0.25, -0.2) is 9.97 Å². The Balaban J connectivity index is 0.00000520. The summed E-state index contributed by atoms with van der Waals surface area (Å²) in [7, 11) is 0. The Labute approximate surface area is 296 Å². The molecule has 48 heavy (non-hydrogen) atoms. The lowest BCUT2D eigenvalue weighted by atomic mass is 9.98. The number of nitrogens with one attached hydrogen (secondary N) is 4. The number of amides is 4. The van der Waals surface area contributed by atoms with Gasteiger partial charge in [-0.2, -0.15) is 0 Å². The van der Waals surface area contributed by atoms with Gasteiger partial charge in [0.25, 0.3) is 11.8 Å². The normalized spacial score (nSPS) is 21.7. The summed E-state index contributed by atoms with van der Waals surface area (Å²) in [5, 5.41) is 17.3. The highest BCUT2D eigenvalue weighted by Crippen LogP contribution is 2.27. The van der Waals surface area contributed by atoms with E-state index in [1.54, 1.807) is 10.8 Å². The first kappa shape index (κ1) is 37.4. The molecule has 4 heterocycles. The number of benzene rings is 1. The maximum Gasteiger partial charge on any atom is 0.271 e. The van der Waals surface area contributed by atoms with Crippen molar-refractivity contribution < 1.29 is 19.2 Å². The molecule has 0 unspecified atom stereocenters. The van der Waals surface area contributed by atoms with Crippen molar-refractivity contribution >= 4 is 58.7 Å². The van der Waals surface area contributed by atoms with Crippen LogP contribution in [0.5, 0.6) is 0 Å². The van der Waals surface area contributed by atoms with Gasteiger partial charge in [0, 0.05) is 43.4 Å². The maximum atomic E-state index is 13.5. The lowest BCUT2D eigenvalue weighted by Crippen LogP contribution is -2.44. The van der Waals surface area contributed by atoms with Gasteiger partial charge in [0.05, 0.1) is 18.0 Å². The summed E-state index contributed by atoms with van der Waals surface area (Å²) in [6.07, 6.45) is 4.35. The molecule has 0 radical (unpaired) electrons. The van der Waals surface area contributed by atoms with Gasteiger partial charge in [-0.3, -0.25) is 19.2 Å². The van der Waals surface area contributed by atoms with E-state index in [-0.39, 0.29) is 60.1 Å². The van der Waals surface area contributed by atoms with Crippen LogP contribution in [0, 0.1) is 11.8 Å². The van der Waals surface area contributed by atoms with E-state index in [4.69, 9.17) is 0 Å². The van der Waals surface area contributed by atoms with E-state index in [1.165, 1.54) is 22.7 Å². The third kappa shape index (κ3) is 10.6. The van der Waals surface area contributed by atoms with Gasteiger partial charge >= 0.3 is 0 Å². The molecule has 14 heteroatoms. The summed E-state index contributed by atoms with van der Waals surface area (Å²) >= 11 is 2.69. The number of piperidine rings is 1. The molecule has 4 bridgehead atoms. The number of carbonyl (C=O) groups is 4. The molecule has 5 rings (SSSR count). The van der Waals surface area contributed by atoms with Gasteiger partial charge < -0.3 is 26.2 Å². The average Bonchev–Trinajstić information content (AvgIpc) is 3.77. The predicted octanol–water partition coefficient (Wildman–Crippen LogP) is 4.68. The molecule has 2 aromatic heterocycles. The Morgan fingerprint density at radius 2 is 1.58 bits per heavy atom. The molecule has 1 aromatic carbocycles. The zero-order valence-corrected chi connectivity index (χ0v) is 30.0. The van der Waals surface area contributed by atoms with E-state index in [9.17, 15) is 19.2 Å². The molecule has 2 aliphatic rings. The Bertz CT molecular complexity index is 1510. The number of hydrogen-bond donors (Lipinski definition) is 4. The summed E-state index contributed by atoms with van der Waals surface area (Å²) in [5.74, 6) is -0.434. The molecule has 3 atom stereocenters. The molecule has 1 fully saturated rings. The Kier molecular flexibility index (Phi) is 14.3. The standard InChI is InChI=1S/C34H45N7O4S2.ClH/c1-22(2)17-25-32-40-28(21-47-32)31(44)38-26(18-23-9-4-3-5-10-23)33-39-27(20-46-33)30(43)36-14-8-16-41(15-7-12-29(42)37-25)34(45)24-11-6-13-35-19-24;/h3-5,9-10,20-22,24-26,35H,6-8,11-19H2,1-2H3,(H,36,43)(H,37,42)(H,38,44);1H/t24-,25+,26+;/m1./s1. The fourth-order valence-corrected chi connectivity index (χ4v) is 7.70. The zero-order chi connectivity index (χ0) is 33.2. The van der Waals surface area contributed by atoms with Crippen LogP contribution in [0.3, 0.4) is 0 Å². The molecule has 0 aliphatic carbocycles. The number of nitrogens with zero attached hydrogens (tertiary/aromatic N) is 3. The van der Waals surface area contributed by atoms with Crippen molar-refractivity contribution in [3.05, 3.63) is 68.1 Å². The summed E-state index contributed by atoms with van der Waals surface area (Å²) < 4.78 is 0. The highest BCUT2D eigenvalue weighted by atomic mass is 35.5. The van der Waals surface area contributed by atoms with Crippen molar-refractivity contribution in [1.29, 1.82) is 0 Å². The van der Waals surface area contributed by atoms with E-state index in [1.807, 2.05) is 35.2 Å². The van der Waals surface area contributed by atoms with Gasteiger partial charge in [0.2, 0.25) is 11.8 Å². The fourth-order valence-electron chi connectivity index (χ4n) is 5.99. The molecular formula is C34H46ClN7O4S2. The van der Waals surface area contributed by atoms with Gasteiger partial charge in [0.15, 0.2) is 0 Å². The van der Waals surface area contributed by atoms with E-state index in [0.29, 0.717) is 73.5 Å². The van der Waals surface area contributed by atoms with Gasteiger partial charge in [-0.1, -0.05) is 44.2 Å². The summed E-state index contributed by atoms with van der Waals surface area (Å²) in [5.41, 5.74) is 1.59. The monoisotopic (exact) mass is 715 g/mol. The highest BCUT2D eigenvalue weighted by Gasteiger charge is 2.28. The number of fused-ring (bicyclic) bond motifs is 4. The van der Waals surface area contributed by atoms with E-state index >= 15 is 0 Å². The Morgan fingerprint density at radius 1 is 0.896 bits per heavy atom.